The molecule has 0 rings (SSSR count). The van der Waals surface area contributed by atoms with Crippen LogP contribution in [0.15, 0.2) is 0 Å². The molecule has 51 valence electrons. The summed E-state index contributed by atoms with van der Waals surface area (Å²) in [6.07, 6.45) is 7.41. The lowest BCUT2D eigenvalue weighted by molar-refractivity contribution is 0.0830. The van der Waals surface area contributed by atoms with E-state index in [0.717, 1.165) is 6.42 Å². The van der Waals surface area contributed by atoms with Crippen LogP contribution in [0.2, 0.25) is 0 Å². The van der Waals surface area contributed by atoms with Crippen LogP contribution < -0.4 is 0 Å². The van der Waals surface area contributed by atoms with Crippen LogP contribution in [0, 0.1) is 12.3 Å². The zero-order valence-corrected chi connectivity index (χ0v) is 7.23. The van der Waals surface area contributed by atoms with Crippen LogP contribution in [0.4, 0.5) is 0 Å². The van der Waals surface area contributed by atoms with Crippen molar-refractivity contribution in [2.45, 2.75) is 31.4 Å². The van der Waals surface area contributed by atoms with Crippen molar-refractivity contribution in [2.75, 3.05) is 0 Å². The number of ether oxygens (including phenoxy) is 1. The third-order valence-electron chi connectivity index (χ3n) is 0.884. The molecule has 0 saturated carbocycles. The molecule has 0 aliphatic carbocycles. The summed E-state index contributed by atoms with van der Waals surface area (Å²) < 4.78 is 5.17. The molecule has 0 saturated heterocycles. The number of hydrogen-bond donors (Lipinski definition) is 0. The van der Waals surface area contributed by atoms with Gasteiger partial charge in [0.25, 0.3) is 0 Å². The maximum Gasteiger partial charge on any atom is 0.120 e. The summed E-state index contributed by atoms with van der Waals surface area (Å²) in [6, 6.07) is 0. The Kier molecular flexibility index (Phi) is 4.84. The van der Waals surface area contributed by atoms with Crippen LogP contribution in [0.25, 0.3) is 0 Å². The van der Waals surface area contributed by atoms with Crippen LogP contribution >= 0.6 is 15.9 Å². The van der Waals surface area contributed by atoms with Crippen molar-refractivity contribution in [3.8, 4) is 5.92 Å². The van der Waals surface area contributed by atoms with Gasteiger partial charge >= 0.3 is 0 Å². The number of rotatable bonds is 3. The molecule has 0 aromatic heterocycles. The van der Waals surface area contributed by atoms with Gasteiger partial charge in [-0.05, 0) is 19.8 Å². The molecule has 0 bridgehead atoms. The first-order chi connectivity index (χ1) is 4.20. The average Bonchev–Trinajstić information content (AvgIpc) is 1.82. The Balaban J connectivity index is 3.47. The summed E-state index contributed by atoms with van der Waals surface area (Å²) in [5, 5.41) is 0.0142. The number of hydrogen-bond acceptors (Lipinski definition) is 1. The Morgan fingerprint density at radius 1 is 1.78 bits per heavy atom. The van der Waals surface area contributed by atoms with Crippen molar-refractivity contribution in [1.29, 1.82) is 0 Å². The molecule has 2 atom stereocenters. The zero-order valence-electron chi connectivity index (χ0n) is 5.65. The fraction of sp³-hybridized carbons (Fsp3) is 0.714. The van der Waals surface area contributed by atoms with Gasteiger partial charge in [0.15, 0.2) is 0 Å². The second-order valence-corrected chi connectivity index (χ2v) is 3.01. The van der Waals surface area contributed by atoms with Gasteiger partial charge in [0.1, 0.15) is 11.1 Å². The maximum absolute atomic E-state index is 6.76. The van der Waals surface area contributed by atoms with Gasteiger partial charge in [0, 0.05) is 0 Å². The topological polar surface area (TPSA) is 9.23 Å². The second kappa shape index (κ2) is 4.84. The van der Waals surface area contributed by atoms with Crippen molar-refractivity contribution in [1.82, 2.24) is 0 Å². The monoisotopic (exact) mass is 189 g/mol. The highest BCUT2D eigenvalue weighted by molar-refractivity contribution is 9.09. The van der Waals surface area contributed by atoms with E-state index in [2.05, 4.69) is 21.9 Å². The summed E-state index contributed by atoms with van der Waals surface area (Å²) in [6.45, 7) is 3.83. The molecule has 1 radical (unpaired) electrons. The summed E-state index contributed by atoms with van der Waals surface area (Å²) in [7, 11) is 0. The highest BCUT2D eigenvalue weighted by atomic mass is 79.9. The van der Waals surface area contributed by atoms with Crippen molar-refractivity contribution in [3.05, 3.63) is 6.42 Å². The zero-order chi connectivity index (χ0) is 7.28. The molecule has 0 aromatic rings. The number of alkyl halides is 1. The van der Waals surface area contributed by atoms with Gasteiger partial charge in [-0.15, -0.1) is 0 Å². The van der Waals surface area contributed by atoms with E-state index in [1.807, 2.05) is 13.8 Å². The maximum atomic E-state index is 6.76. The Morgan fingerprint density at radius 3 is 2.44 bits per heavy atom. The smallest absolute Gasteiger partial charge is 0.120 e. The Morgan fingerprint density at radius 2 is 2.33 bits per heavy atom. The molecule has 0 N–H and O–H groups in total. The van der Waals surface area contributed by atoms with E-state index in [0.29, 0.717) is 0 Å². The summed E-state index contributed by atoms with van der Waals surface area (Å²) in [5.41, 5.74) is 0. The molecule has 2 unspecified atom stereocenters. The number of halogens is 1. The Hall–Kier alpha value is 0. The third kappa shape index (κ3) is 4.50. The van der Waals surface area contributed by atoms with Crippen molar-refractivity contribution < 1.29 is 4.74 Å². The lowest BCUT2D eigenvalue weighted by Gasteiger charge is -2.10. The molecule has 0 aliphatic rings. The van der Waals surface area contributed by atoms with Gasteiger partial charge in [0.2, 0.25) is 0 Å². The molecule has 0 fully saturated rings. The predicted octanol–water partition coefficient (Wildman–Crippen LogP) is 2.11. The summed E-state index contributed by atoms with van der Waals surface area (Å²) in [4.78, 5) is 0. The first-order valence-corrected chi connectivity index (χ1v) is 3.84. The fourth-order valence-electron chi connectivity index (χ4n) is 0.459. The second-order valence-electron chi connectivity index (χ2n) is 1.72. The highest BCUT2D eigenvalue weighted by Gasteiger charge is 2.03. The molecular weight excluding hydrogens is 180 g/mol. The highest BCUT2D eigenvalue weighted by Crippen LogP contribution is 2.05. The van der Waals surface area contributed by atoms with Gasteiger partial charge < -0.3 is 4.74 Å². The quantitative estimate of drug-likeness (QED) is 0.489. The molecule has 9 heavy (non-hydrogen) atoms. The molecule has 0 amide bonds. The standard InChI is InChI=1S/C7H10BrO/c1-4-7(5-2)9-6(3)8/h6-7H,4H2,1,3H3. The minimum Gasteiger partial charge on any atom is -0.351 e. The van der Waals surface area contributed by atoms with E-state index in [1.165, 1.54) is 0 Å². The molecule has 0 spiro atoms. The van der Waals surface area contributed by atoms with E-state index in [4.69, 9.17) is 11.2 Å². The largest absolute Gasteiger partial charge is 0.351 e. The van der Waals surface area contributed by atoms with Crippen LogP contribution in [0.5, 0.6) is 0 Å². The van der Waals surface area contributed by atoms with Crippen molar-refractivity contribution >= 4 is 15.9 Å². The van der Waals surface area contributed by atoms with Gasteiger partial charge in [-0.2, -0.15) is 0 Å². The van der Waals surface area contributed by atoms with Gasteiger partial charge in [-0.3, -0.25) is 0 Å². The minimum absolute atomic E-state index is 0.0142. The molecule has 0 aromatic carbocycles. The first kappa shape index (κ1) is 9.00. The van der Waals surface area contributed by atoms with Crippen molar-refractivity contribution in [2.24, 2.45) is 0 Å². The van der Waals surface area contributed by atoms with E-state index in [9.17, 15) is 0 Å². The van der Waals surface area contributed by atoms with Crippen LogP contribution in [-0.4, -0.2) is 11.1 Å². The molecule has 0 aliphatic heterocycles. The molecule has 2 heteroatoms. The van der Waals surface area contributed by atoms with Crippen LogP contribution in [0.3, 0.4) is 0 Å². The normalized spacial score (nSPS) is 16.2. The predicted molar refractivity (Wildman–Crippen MR) is 40.7 cm³/mol. The van der Waals surface area contributed by atoms with E-state index in [1.54, 1.807) is 0 Å². The SMILES string of the molecule is [C]#CC(CC)OC(C)Br. The van der Waals surface area contributed by atoms with E-state index >= 15 is 0 Å². The lowest BCUT2D eigenvalue weighted by atomic mass is 10.3. The van der Waals surface area contributed by atoms with Gasteiger partial charge in [-0.1, -0.05) is 28.8 Å². The third-order valence-corrected chi connectivity index (χ3v) is 1.10. The van der Waals surface area contributed by atoms with Crippen LogP contribution in [0.1, 0.15) is 20.3 Å². The van der Waals surface area contributed by atoms with Crippen molar-refractivity contribution in [3.63, 3.8) is 0 Å². The average molecular weight is 190 g/mol. The first-order valence-electron chi connectivity index (χ1n) is 2.92. The molecule has 1 nitrogen and oxygen atoms in total. The van der Waals surface area contributed by atoms with Gasteiger partial charge in [0.05, 0.1) is 0 Å². The van der Waals surface area contributed by atoms with Crippen LogP contribution in [-0.2, 0) is 4.74 Å². The van der Waals surface area contributed by atoms with E-state index < -0.39 is 0 Å². The van der Waals surface area contributed by atoms with E-state index in [-0.39, 0.29) is 11.1 Å². The Labute approximate surface area is 64.9 Å². The Bertz CT molecular complexity index is 104. The summed E-state index contributed by atoms with van der Waals surface area (Å²) >= 11 is 3.21. The molecule has 0 heterocycles. The fourth-order valence-corrected chi connectivity index (χ4v) is 0.719. The molecular formula is C7H10BrO. The van der Waals surface area contributed by atoms with Gasteiger partial charge in [-0.25, -0.2) is 0 Å². The minimum atomic E-state index is -0.153. The summed E-state index contributed by atoms with van der Waals surface area (Å²) in [5.74, 6) is 2.28. The lowest BCUT2D eigenvalue weighted by Crippen LogP contribution is -2.12.